The number of carbonyl (C=O) groups is 1. The Bertz CT molecular complexity index is 736. The second-order valence-corrected chi connectivity index (χ2v) is 7.71. The zero-order chi connectivity index (χ0) is 18.0. The topological polar surface area (TPSA) is 51.2 Å². The number of nitrogens with zero attached hydrogens (tertiary/aromatic N) is 1. The van der Waals surface area contributed by atoms with Crippen LogP contribution in [-0.4, -0.2) is 23.6 Å². The van der Waals surface area contributed by atoms with Crippen LogP contribution in [0.1, 0.15) is 64.6 Å². The van der Waals surface area contributed by atoms with Crippen molar-refractivity contribution in [2.24, 2.45) is 0 Å². The van der Waals surface area contributed by atoms with E-state index >= 15 is 0 Å². The molecule has 1 amide bonds. The van der Waals surface area contributed by atoms with E-state index in [9.17, 15) is 9.18 Å². The summed E-state index contributed by atoms with van der Waals surface area (Å²) in [5.41, 5.74) is 1.60. The minimum atomic E-state index is -0.292. The number of rotatable bonds is 5. The normalized spacial score (nSPS) is 18.5. The molecule has 1 saturated heterocycles. The molecular weight excluding hydrogens is 339 g/mol. The van der Waals surface area contributed by atoms with Crippen molar-refractivity contribution in [1.29, 1.82) is 0 Å². The molecule has 6 heteroatoms. The zero-order valence-corrected chi connectivity index (χ0v) is 15.5. The smallest absolute Gasteiger partial charge is 0.263 e. The third kappa shape index (κ3) is 4.07. The molecule has 3 rings (SSSR count). The van der Waals surface area contributed by atoms with Gasteiger partial charge in [-0.15, -0.1) is 11.3 Å². The lowest BCUT2D eigenvalue weighted by Crippen LogP contribution is -2.36. The zero-order valence-electron chi connectivity index (χ0n) is 14.7. The Morgan fingerprint density at radius 2 is 2.08 bits per heavy atom. The van der Waals surface area contributed by atoms with Crippen LogP contribution >= 0.6 is 11.3 Å². The first-order chi connectivity index (χ1) is 12.0. The summed E-state index contributed by atoms with van der Waals surface area (Å²) in [6.07, 6.45) is 1.75. The summed E-state index contributed by atoms with van der Waals surface area (Å²) in [7, 11) is 0. The van der Waals surface area contributed by atoms with Crippen LogP contribution in [0.5, 0.6) is 0 Å². The highest BCUT2D eigenvalue weighted by Crippen LogP contribution is 2.29. The SMILES string of the molecule is Cc1nc(C(C)C)sc1C(=O)N[C@@H](c1ccc(F)cc1)[C@@H]1CCCO1. The summed E-state index contributed by atoms with van der Waals surface area (Å²) < 4.78 is 19.1. The Morgan fingerprint density at radius 3 is 2.64 bits per heavy atom. The maximum atomic E-state index is 13.3. The molecule has 2 aromatic rings. The number of hydrogen-bond acceptors (Lipinski definition) is 4. The molecule has 0 unspecified atom stereocenters. The van der Waals surface area contributed by atoms with E-state index in [0.29, 0.717) is 11.5 Å². The number of halogens is 1. The summed E-state index contributed by atoms with van der Waals surface area (Å²) in [6, 6.07) is 5.96. The minimum Gasteiger partial charge on any atom is -0.376 e. The van der Waals surface area contributed by atoms with Crippen LogP contribution in [0.15, 0.2) is 24.3 Å². The number of nitrogens with one attached hydrogen (secondary N) is 1. The molecule has 1 fully saturated rings. The van der Waals surface area contributed by atoms with Crippen LogP contribution < -0.4 is 5.32 Å². The van der Waals surface area contributed by atoms with Gasteiger partial charge in [0.05, 0.1) is 22.8 Å². The summed E-state index contributed by atoms with van der Waals surface area (Å²) in [6.45, 7) is 6.67. The van der Waals surface area contributed by atoms with Gasteiger partial charge in [0.2, 0.25) is 0 Å². The largest absolute Gasteiger partial charge is 0.376 e. The molecule has 1 N–H and O–H groups in total. The molecule has 0 bridgehead atoms. The van der Waals surface area contributed by atoms with Crippen LogP contribution in [0.4, 0.5) is 4.39 Å². The lowest BCUT2D eigenvalue weighted by molar-refractivity contribution is 0.0674. The average Bonchev–Trinajstić information content (AvgIpc) is 3.23. The van der Waals surface area contributed by atoms with Crippen LogP contribution in [0.3, 0.4) is 0 Å². The molecule has 2 atom stereocenters. The van der Waals surface area contributed by atoms with Crippen molar-refractivity contribution in [1.82, 2.24) is 10.3 Å². The number of aromatic nitrogens is 1. The number of aryl methyl sites for hydroxylation is 1. The Morgan fingerprint density at radius 1 is 1.36 bits per heavy atom. The van der Waals surface area contributed by atoms with Crippen molar-refractivity contribution in [3.63, 3.8) is 0 Å². The number of hydrogen-bond donors (Lipinski definition) is 1. The average molecular weight is 362 g/mol. The number of benzene rings is 1. The predicted octanol–water partition coefficient (Wildman–Crippen LogP) is 4.36. The van der Waals surface area contributed by atoms with Gasteiger partial charge in [0, 0.05) is 12.5 Å². The monoisotopic (exact) mass is 362 g/mol. The minimum absolute atomic E-state index is 0.0905. The third-order valence-electron chi connectivity index (χ3n) is 4.37. The molecule has 0 radical (unpaired) electrons. The number of ether oxygens (including phenoxy) is 1. The second-order valence-electron chi connectivity index (χ2n) is 6.68. The first kappa shape index (κ1) is 18.0. The maximum Gasteiger partial charge on any atom is 0.263 e. The van der Waals surface area contributed by atoms with Crippen LogP contribution in [-0.2, 0) is 4.74 Å². The highest BCUT2D eigenvalue weighted by Gasteiger charge is 2.30. The lowest BCUT2D eigenvalue weighted by Gasteiger charge is -2.24. The quantitative estimate of drug-likeness (QED) is 0.859. The molecule has 1 aliphatic heterocycles. The van der Waals surface area contributed by atoms with Gasteiger partial charge < -0.3 is 10.1 Å². The molecule has 0 aliphatic carbocycles. The summed E-state index contributed by atoms with van der Waals surface area (Å²) >= 11 is 1.43. The summed E-state index contributed by atoms with van der Waals surface area (Å²) in [4.78, 5) is 18.0. The van der Waals surface area contributed by atoms with E-state index in [4.69, 9.17) is 4.74 Å². The number of thiazole rings is 1. The van der Waals surface area contributed by atoms with Gasteiger partial charge >= 0.3 is 0 Å². The molecule has 25 heavy (non-hydrogen) atoms. The molecular formula is C19H23FN2O2S. The molecule has 2 heterocycles. The number of amides is 1. The van der Waals surface area contributed by atoms with Crippen molar-refractivity contribution in [3.8, 4) is 0 Å². The Kier molecular flexibility index (Phi) is 5.49. The molecule has 0 spiro atoms. The second kappa shape index (κ2) is 7.62. The van der Waals surface area contributed by atoms with Crippen molar-refractivity contribution >= 4 is 17.2 Å². The molecule has 4 nitrogen and oxygen atoms in total. The summed E-state index contributed by atoms with van der Waals surface area (Å²) in [5.74, 6) is -0.149. The Hall–Kier alpha value is -1.79. The molecule has 1 aromatic heterocycles. The summed E-state index contributed by atoms with van der Waals surface area (Å²) in [5, 5.41) is 4.04. The van der Waals surface area contributed by atoms with Crippen molar-refractivity contribution in [3.05, 3.63) is 51.2 Å². The van der Waals surface area contributed by atoms with E-state index in [1.165, 1.54) is 23.5 Å². The Balaban J connectivity index is 1.84. The van der Waals surface area contributed by atoms with Crippen molar-refractivity contribution in [2.45, 2.75) is 51.7 Å². The maximum absolute atomic E-state index is 13.3. The fourth-order valence-corrected chi connectivity index (χ4v) is 3.98. The van der Waals surface area contributed by atoms with Gasteiger partial charge in [-0.1, -0.05) is 26.0 Å². The van der Waals surface area contributed by atoms with Gasteiger partial charge in [0.25, 0.3) is 5.91 Å². The lowest BCUT2D eigenvalue weighted by atomic mass is 9.99. The van der Waals surface area contributed by atoms with Gasteiger partial charge in [0.1, 0.15) is 10.7 Å². The standard InChI is InChI=1S/C19H23FN2O2S/c1-11(2)19-21-12(3)17(25-19)18(23)22-16(15-5-4-10-24-15)13-6-8-14(20)9-7-13/h6-9,11,15-16H,4-5,10H2,1-3H3,(H,22,23)/t15-,16-/m0/s1. The predicted molar refractivity (Wildman–Crippen MR) is 96.5 cm³/mol. The number of carbonyl (C=O) groups excluding carboxylic acids is 1. The first-order valence-electron chi connectivity index (χ1n) is 8.61. The first-order valence-corrected chi connectivity index (χ1v) is 9.42. The highest BCUT2D eigenvalue weighted by molar-refractivity contribution is 7.13. The molecule has 1 aliphatic rings. The Labute approximate surface area is 151 Å². The fraction of sp³-hybridized carbons (Fsp3) is 0.474. The van der Waals surface area contributed by atoms with Crippen molar-refractivity contribution in [2.75, 3.05) is 6.61 Å². The third-order valence-corrected chi connectivity index (χ3v) is 5.82. The fourth-order valence-electron chi connectivity index (χ4n) is 3.01. The van der Waals surface area contributed by atoms with Gasteiger partial charge in [-0.25, -0.2) is 9.37 Å². The van der Waals surface area contributed by atoms with E-state index < -0.39 is 0 Å². The van der Waals surface area contributed by atoms with E-state index in [-0.39, 0.29) is 29.8 Å². The van der Waals surface area contributed by atoms with E-state index in [1.54, 1.807) is 12.1 Å². The highest BCUT2D eigenvalue weighted by atomic mass is 32.1. The molecule has 134 valence electrons. The van der Waals surface area contributed by atoms with E-state index in [2.05, 4.69) is 24.1 Å². The van der Waals surface area contributed by atoms with Crippen LogP contribution in [0, 0.1) is 12.7 Å². The van der Waals surface area contributed by atoms with Gasteiger partial charge in [-0.3, -0.25) is 4.79 Å². The van der Waals surface area contributed by atoms with Crippen LogP contribution in [0.2, 0.25) is 0 Å². The van der Waals surface area contributed by atoms with Gasteiger partial charge in [-0.2, -0.15) is 0 Å². The van der Waals surface area contributed by atoms with Gasteiger partial charge in [-0.05, 0) is 37.5 Å². The van der Waals surface area contributed by atoms with E-state index in [1.807, 2.05) is 6.92 Å². The molecule has 1 aromatic carbocycles. The molecule has 0 saturated carbocycles. The van der Waals surface area contributed by atoms with Crippen molar-refractivity contribution < 1.29 is 13.9 Å². The van der Waals surface area contributed by atoms with E-state index in [0.717, 1.165) is 29.1 Å². The van der Waals surface area contributed by atoms with Crippen LogP contribution in [0.25, 0.3) is 0 Å². The van der Waals surface area contributed by atoms with Gasteiger partial charge in [0.15, 0.2) is 0 Å².